The second-order valence-corrected chi connectivity index (χ2v) is 12.6. The average molecular weight is 581 g/mol. The van der Waals surface area contributed by atoms with E-state index < -0.39 is 11.4 Å². The maximum atomic E-state index is 12.7. The first-order chi connectivity index (χ1) is 20.5. The van der Waals surface area contributed by atoms with Crippen molar-refractivity contribution in [2.45, 2.75) is 66.2 Å². The van der Waals surface area contributed by atoms with Crippen LogP contribution in [0.25, 0.3) is 21.9 Å². The van der Waals surface area contributed by atoms with Gasteiger partial charge in [-0.3, -0.25) is 14.4 Å². The van der Waals surface area contributed by atoms with E-state index in [4.69, 9.17) is 9.84 Å². The Labute approximate surface area is 252 Å². The first-order valence-corrected chi connectivity index (χ1v) is 14.9. The van der Waals surface area contributed by atoms with E-state index in [2.05, 4.69) is 59.4 Å². The van der Waals surface area contributed by atoms with Crippen LogP contribution in [0.4, 0.5) is 0 Å². The van der Waals surface area contributed by atoms with E-state index in [0.29, 0.717) is 6.54 Å². The van der Waals surface area contributed by atoms with Gasteiger partial charge in [0, 0.05) is 56.8 Å². The normalized spacial score (nSPS) is 16.7. The highest BCUT2D eigenvalue weighted by Gasteiger charge is 2.40. The topological polar surface area (TPSA) is 98.3 Å². The number of aromatic nitrogens is 5. The third-order valence-corrected chi connectivity index (χ3v) is 9.21. The molecule has 2 atom stereocenters. The Kier molecular flexibility index (Phi) is 7.24. The number of benzene rings is 3. The zero-order chi connectivity index (χ0) is 30.6. The zero-order valence-corrected chi connectivity index (χ0v) is 26.0. The molecule has 224 valence electrons. The number of aliphatic carboxylic acids is 1. The van der Waals surface area contributed by atoms with Gasteiger partial charge in [-0.1, -0.05) is 36.4 Å². The lowest BCUT2D eigenvalue weighted by molar-refractivity contribution is -0.147. The van der Waals surface area contributed by atoms with Crippen molar-refractivity contribution in [3.05, 3.63) is 82.0 Å². The Morgan fingerprint density at radius 2 is 1.91 bits per heavy atom. The standard InChI is InChI=1S/C34H40N6O3/c1-8-25-18-40(19-27-29(43-25)14-11-23-16-38(6)36-32(23)27)17-24-15-22(10-9-20(24)2)30(34(4,5)33(41)42)26-12-13-28-31(21(26)3)35-37-39(28)7/h9-16,25,30H,8,17-19H2,1-7H3,(H,41,42)/t25-,30?/m1/s1. The average Bonchev–Trinajstić information content (AvgIpc) is 3.48. The van der Waals surface area contributed by atoms with Gasteiger partial charge in [0.05, 0.1) is 10.9 Å². The Balaban J connectivity index is 1.41. The third-order valence-electron chi connectivity index (χ3n) is 9.21. The van der Waals surface area contributed by atoms with Crippen LogP contribution < -0.4 is 4.74 Å². The Hall–Kier alpha value is -4.24. The van der Waals surface area contributed by atoms with Gasteiger partial charge in [-0.05, 0) is 80.1 Å². The molecule has 9 heteroatoms. The van der Waals surface area contributed by atoms with E-state index in [1.807, 2.05) is 57.9 Å². The van der Waals surface area contributed by atoms with E-state index in [9.17, 15) is 9.90 Å². The van der Waals surface area contributed by atoms with Gasteiger partial charge in [-0.15, -0.1) is 5.10 Å². The molecule has 0 spiro atoms. The lowest BCUT2D eigenvalue weighted by Gasteiger charge is -2.33. The van der Waals surface area contributed by atoms with Crippen LogP contribution in [-0.2, 0) is 32.0 Å². The summed E-state index contributed by atoms with van der Waals surface area (Å²) in [6, 6.07) is 14.6. The highest BCUT2D eigenvalue weighted by atomic mass is 16.5. The van der Waals surface area contributed by atoms with Crippen LogP contribution in [0.2, 0.25) is 0 Å². The lowest BCUT2D eigenvalue weighted by Crippen LogP contribution is -2.33. The molecule has 3 aromatic carbocycles. The quantitative estimate of drug-likeness (QED) is 0.256. The van der Waals surface area contributed by atoms with Crippen molar-refractivity contribution >= 4 is 27.9 Å². The van der Waals surface area contributed by atoms with Crippen molar-refractivity contribution < 1.29 is 14.6 Å². The van der Waals surface area contributed by atoms with E-state index in [0.717, 1.165) is 69.4 Å². The molecular weight excluding hydrogens is 540 g/mol. The summed E-state index contributed by atoms with van der Waals surface area (Å²) in [6.07, 6.45) is 3.00. The summed E-state index contributed by atoms with van der Waals surface area (Å²) in [4.78, 5) is 15.2. The van der Waals surface area contributed by atoms with Crippen LogP contribution in [0.15, 0.2) is 48.7 Å². The third kappa shape index (κ3) is 5.05. The summed E-state index contributed by atoms with van der Waals surface area (Å²) < 4.78 is 10.1. The predicted octanol–water partition coefficient (Wildman–Crippen LogP) is 5.89. The molecule has 1 aliphatic heterocycles. The number of hydrogen-bond acceptors (Lipinski definition) is 6. The Morgan fingerprint density at radius 1 is 1.12 bits per heavy atom. The van der Waals surface area contributed by atoms with Crippen molar-refractivity contribution in [2.24, 2.45) is 19.5 Å². The highest BCUT2D eigenvalue weighted by Crippen LogP contribution is 2.44. The first kappa shape index (κ1) is 28.9. The molecule has 9 nitrogen and oxygen atoms in total. The van der Waals surface area contributed by atoms with Gasteiger partial charge in [-0.2, -0.15) is 5.10 Å². The van der Waals surface area contributed by atoms with E-state index in [1.54, 1.807) is 4.68 Å². The molecule has 0 amide bonds. The smallest absolute Gasteiger partial charge is 0.310 e. The number of rotatable bonds is 7. The molecule has 2 aromatic heterocycles. The van der Waals surface area contributed by atoms with Crippen LogP contribution >= 0.6 is 0 Å². The molecule has 5 aromatic rings. The van der Waals surface area contributed by atoms with Crippen LogP contribution in [0.3, 0.4) is 0 Å². The number of aryl methyl sites for hydroxylation is 4. The maximum Gasteiger partial charge on any atom is 0.310 e. The number of fused-ring (bicyclic) bond motifs is 4. The minimum Gasteiger partial charge on any atom is -0.489 e. The maximum absolute atomic E-state index is 12.7. The van der Waals surface area contributed by atoms with E-state index in [1.165, 1.54) is 11.1 Å². The molecule has 0 saturated carbocycles. The fourth-order valence-corrected chi connectivity index (χ4v) is 6.59. The highest BCUT2D eigenvalue weighted by molar-refractivity contribution is 5.84. The Bertz CT molecular complexity index is 1850. The number of carbonyl (C=O) groups is 1. The largest absolute Gasteiger partial charge is 0.489 e. The summed E-state index contributed by atoms with van der Waals surface area (Å²) in [5, 5.41) is 24.9. The molecular formula is C34H40N6O3. The van der Waals surface area contributed by atoms with Gasteiger partial charge in [-0.25, -0.2) is 4.68 Å². The fourth-order valence-electron chi connectivity index (χ4n) is 6.59. The summed E-state index contributed by atoms with van der Waals surface area (Å²) >= 11 is 0. The number of ether oxygens (including phenoxy) is 1. The number of hydrogen-bond donors (Lipinski definition) is 1. The predicted molar refractivity (Wildman–Crippen MR) is 167 cm³/mol. The molecule has 1 aliphatic rings. The molecule has 6 rings (SSSR count). The van der Waals surface area contributed by atoms with E-state index in [-0.39, 0.29) is 12.0 Å². The van der Waals surface area contributed by atoms with Crippen molar-refractivity contribution in [1.82, 2.24) is 29.7 Å². The van der Waals surface area contributed by atoms with Crippen LogP contribution in [0.5, 0.6) is 5.75 Å². The molecule has 1 unspecified atom stereocenters. The van der Waals surface area contributed by atoms with Gasteiger partial charge >= 0.3 is 5.97 Å². The lowest BCUT2D eigenvalue weighted by atomic mass is 9.69. The van der Waals surface area contributed by atoms with Crippen molar-refractivity contribution in [2.75, 3.05) is 6.54 Å². The number of carboxylic acid groups (broad SMARTS) is 1. The van der Waals surface area contributed by atoms with E-state index >= 15 is 0 Å². The fraction of sp³-hybridized carbons (Fsp3) is 0.412. The molecule has 0 radical (unpaired) electrons. The zero-order valence-electron chi connectivity index (χ0n) is 26.0. The SMILES string of the molecule is CC[C@@H]1CN(Cc2cc(C(c3ccc4c(nnn4C)c3C)C(C)(C)C(=O)O)ccc2C)Cc2c(ccc3cn(C)nc23)O1. The summed E-state index contributed by atoms with van der Waals surface area (Å²) in [6.45, 7) is 12.2. The van der Waals surface area contributed by atoms with Gasteiger partial charge in [0.1, 0.15) is 22.9 Å². The first-order valence-electron chi connectivity index (χ1n) is 14.9. The van der Waals surface area contributed by atoms with Gasteiger partial charge in [0.2, 0.25) is 0 Å². The van der Waals surface area contributed by atoms with Crippen LogP contribution in [0, 0.1) is 19.3 Å². The van der Waals surface area contributed by atoms with Crippen LogP contribution in [0.1, 0.15) is 66.5 Å². The molecule has 3 heterocycles. The second kappa shape index (κ2) is 10.8. The summed E-state index contributed by atoms with van der Waals surface area (Å²) in [5.41, 5.74) is 7.98. The molecule has 1 N–H and O–H groups in total. The van der Waals surface area contributed by atoms with Crippen molar-refractivity contribution in [3.8, 4) is 5.75 Å². The molecule has 0 bridgehead atoms. The summed E-state index contributed by atoms with van der Waals surface area (Å²) in [7, 11) is 3.82. The van der Waals surface area contributed by atoms with Gasteiger partial charge in [0.15, 0.2) is 0 Å². The summed E-state index contributed by atoms with van der Waals surface area (Å²) in [5.74, 6) is -0.325. The monoisotopic (exact) mass is 580 g/mol. The van der Waals surface area contributed by atoms with Gasteiger partial charge < -0.3 is 9.84 Å². The number of carboxylic acids is 1. The molecule has 0 fully saturated rings. The Morgan fingerprint density at radius 3 is 2.65 bits per heavy atom. The minimum atomic E-state index is -1.07. The second-order valence-electron chi connectivity index (χ2n) is 12.6. The van der Waals surface area contributed by atoms with Gasteiger partial charge in [0.25, 0.3) is 0 Å². The molecule has 0 saturated heterocycles. The van der Waals surface area contributed by atoms with Crippen molar-refractivity contribution in [3.63, 3.8) is 0 Å². The molecule has 43 heavy (non-hydrogen) atoms. The number of nitrogens with zero attached hydrogens (tertiary/aromatic N) is 6. The van der Waals surface area contributed by atoms with Crippen molar-refractivity contribution in [1.29, 1.82) is 0 Å². The molecule has 0 aliphatic carbocycles. The minimum absolute atomic E-state index is 0.0611. The van der Waals surface area contributed by atoms with Crippen LogP contribution in [-0.4, -0.2) is 53.4 Å².